The molecule has 1 aromatic carbocycles. The number of ether oxygens (including phenoxy) is 3. The number of nitrogens with zero attached hydrogens (tertiary/aromatic N) is 3. The van der Waals surface area contributed by atoms with Crippen molar-refractivity contribution in [1.29, 1.82) is 0 Å². The zero-order valence-electron chi connectivity index (χ0n) is 18.0. The van der Waals surface area contributed by atoms with Gasteiger partial charge in [0.1, 0.15) is 5.56 Å². The number of fused-ring (bicyclic) bond motifs is 1. The van der Waals surface area contributed by atoms with E-state index in [4.69, 9.17) is 14.2 Å². The summed E-state index contributed by atoms with van der Waals surface area (Å²) in [6, 6.07) is 4.39. The first-order chi connectivity index (χ1) is 14.7. The van der Waals surface area contributed by atoms with Gasteiger partial charge in [-0.05, 0) is 18.2 Å². The highest BCUT2D eigenvalue weighted by Gasteiger charge is 2.27. The summed E-state index contributed by atoms with van der Waals surface area (Å²) in [7, 11) is 2.37. The Bertz CT molecular complexity index is 1120. The van der Waals surface area contributed by atoms with Crippen LogP contribution in [0.4, 0.5) is 0 Å². The van der Waals surface area contributed by atoms with Crippen molar-refractivity contribution in [3.8, 4) is 0 Å². The van der Waals surface area contributed by atoms with Crippen molar-refractivity contribution in [1.82, 2.24) is 13.8 Å². The molecule has 0 saturated carbocycles. The monoisotopic (exact) mass is 453 g/mol. The number of methoxy groups -OCH3 is 2. The van der Waals surface area contributed by atoms with Crippen molar-refractivity contribution in [3.63, 3.8) is 0 Å². The van der Waals surface area contributed by atoms with Gasteiger partial charge in [-0.2, -0.15) is 4.31 Å². The number of aromatic nitrogens is 1. The van der Waals surface area contributed by atoms with Crippen LogP contribution >= 0.6 is 0 Å². The molecule has 0 aliphatic carbocycles. The number of rotatable bonds is 7. The minimum absolute atomic E-state index is 0.00998. The van der Waals surface area contributed by atoms with Crippen LogP contribution in [0.2, 0.25) is 0 Å². The van der Waals surface area contributed by atoms with E-state index in [1.165, 1.54) is 48.8 Å². The fourth-order valence-electron chi connectivity index (χ4n) is 3.48. The summed E-state index contributed by atoms with van der Waals surface area (Å²) >= 11 is 0. The normalized spacial score (nSPS) is 15.5. The first-order valence-electron chi connectivity index (χ1n) is 9.73. The van der Waals surface area contributed by atoms with Gasteiger partial charge in [-0.1, -0.05) is 0 Å². The molecule has 1 aromatic heterocycles. The van der Waals surface area contributed by atoms with Crippen LogP contribution in [0.15, 0.2) is 34.1 Å². The van der Waals surface area contributed by atoms with Gasteiger partial charge in [0.15, 0.2) is 6.29 Å². The number of morpholine rings is 1. The molecule has 1 fully saturated rings. The number of sulfonamides is 1. The molecule has 1 saturated heterocycles. The van der Waals surface area contributed by atoms with Gasteiger partial charge in [0.25, 0.3) is 5.91 Å². The third kappa shape index (κ3) is 4.65. The van der Waals surface area contributed by atoms with Crippen molar-refractivity contribution in [2.75, 3.05) is 54.1 Å². The van der Waals surface area contributed by atoms with Crippen LogP contribution < -0.4 is 5.43 Å². The van der Waals surface area contributed by atoms with Crippen molar-refractivity contribution in [2.24, 2.45) is 7.05 Å². The van der Waals surface area contributed by atoms with Gasteiger partial charge >= 0.3 is 0 Å². The third-order valence-electron chi connectivity index (χ3n) is 5.29. The Kier molecular flexibility index (Phi) is 7.12. The average molecular weight is 454 g/mol. The molecule has 0 atom stereocenters. The summed E-state index contributed by atoms with van der Waals surface area (Å²) in [6.45, 7) is 1.27. The first kappa shape index (κ1) is 23.4. The van der Waals surface area contributed by atoms with Crippen molar-refractivity contribution >= 4 is 26.8 Å². The predicted octanol–water partition coefficient (Wildman–Crippen LogP) is 0.250. The Labute approximate surface area is 180 Å². The molecule has 31 heavy (non-hydrogen) atoms. The molecule has 0 N–H and O–H groups in total. The highest BCUT2D eigenvalue weighted by molar-refractivity contribution is 7.89. The number of likely N-dealkylation sites (N-methyl/N-ethyl adjacent to an activating group) is 1. The number of pyridine rings is 1. The third-order valence-corrected chi connectivity index (χ3v) is 7.19. The van der Waals surface area contributed by atoms with Gasteiger partial charge in [-0.15, -0.1) is 0 Å². The molecule has 170 valence electrons. The lowest BCUT2D eigenvalue weighted by Crippen LogP contribution is -2.40. The van der Waals surface area contributed by atoms with E-state index in [0.717, 1.165) is 0 Å². The lowest BCUT2D eigenvalue weighted by atomic mass is 10.1. The van der Waals surface area contributed by atoms with Gasteiger partial charge in [-0.3, -0.25) is 9.59 Å². The highest BCUT2D eigenvalue weighted by Crippen LogP contribution is 2.21. The molecule has 1 amide bonds. The minimum atomic E-state index is -3.78. The highest BCUT2D eigenvalue weighted by atomic mass is 32.2. The van der Waals surface area contributed by atoms with Crippen LogP contribution in [0.5, 0.6) is 0 Å². The van der Waals surface area contributed by atoms with Crippen LogP contribution in [0, 0.1) is 0 Å². The molecule has 11 heteroatoms. The lowest BCUT2D eigenvalue weighted by Gasteiger charge is -2.26. The summed E-state index contributed by atoms with van der Waals surface area (Å²) in [4.78, 5) is 27.4. The molecule has 0 radical (unpaired) electrons. The van der Waals surface area contributed by atoms with E-state index < -0.39 is 27.6 Å². The Morgan fingerprint density at radius 1 is 1.23 bits per heavy atom. The lowest BCUT2D eigenvalue weighted by molar-refractivity contribution is -0.110. The summed E-state index contributed by atoms with van der Waals surface area (Å²) in [6.07, 6.45) is 0.817. The Morgan fingerprint density at radius 2 is 1.87 bits per heavy atom. The summed E-state index contributed by atoms with van der Waals surface area (Å²) in [5, 5.41) is 0.158. The molecule has 3 rings (SSSR count). The first-order valence-corrected chi connectivity index (χ1v) is 11.2. The maximum Gasteiger partial charge on any atom is 0.259 e. The quantitative estimate of drug-likeness (QED) is 0.553. The Hall–Kier alpha value is -2.31. The zero-order valence-corrected chi connectivity index (χ0v) is 18.8. The average Bonchev–Trinajstić information content (AvgIpc) is 2.79. The molecule has 10 nitrogen and oxygen atoms in total. The standard InChI is InChI=1S/C20H27N3O7S/c1-21-12-16(20(25)22(2)13-18(28-3)29-4)19(24)15-11-14(5-6-17(15)21)31(26,27)23-7-9-30-10-8-23/h5-6,11-12,18H,7-10,13H2,1-4H3. The number of hydrogen-bond acceptors (Lipinski definition) is 7. The molecular weight excluding hydrogens is 426 g/mol. The SMILES string of the molecule is COC(CN(C)C(=O)c1cn(C)c2ccc(S(=O)(=O)N3CCOCC3)cc2c1=O)OC. The Balaban J connectivity index is 2.03. The molecule has 0 spiro atoms. The number of amides is 1. The molecule has 0 unspecified atom stereocenters. The smallest absolute Gasteiger partial charge is 0.259 e. The van der Waals surface area contributed by atoms with E-state index >= 15 is 0 Å². The van der Waals surface area contributed by atoms with Crippen LogP contribution in [-0.2, 0) is 31.3 Å². The summed E-state index contributed by atoms with van der Waals surface area (Å²) in [5.74, 6) is -0.511. The predicted molar refractivity (Wildman–Crippen MR) is 114 cm³/mol. The number of benzene rings is 1. The topological polar surface area (TPSA) is 107 Å². The number of carbonyl (C=O) groups is 1. The van der Waals surface area contributed by atoms with Crippen LogP contribution in [0.1, 0.15) is 10.4 Å². The molecule has 1 aliphatic rings. The molecular formula is C20H27N3O7S. The number of aryl methyl sites for hydroxylation is 1. The van der Waals surface area contributed by atoms with E-state index in [9.17, 15) is 18.0 Å². The van der Waals surface area contributed by atoms with Crippen LogP contribution in [0.25, 0.3) is 10.9 Å². The molecule has 2 heterocycles. The molecule has 2 aromatic rings. The maximum atomic E-state index is 13.2. The zero-order chi connectivity index (χ0) is 22.8. The van der Waals surface area contributed by atoms with Gasteiger partial charge in [0, 0.05) is 53.0 Å². The van der Waals surface area contributed by atoms with Gasteiger partial charge in [0.05, 0.1) is 30.2 Å². The van der Waals surface area contributed by atoms with E-state index in [2.05, 4.69) is 0 Å². The summed E-state index contributed by atoms with van der Waals surface area (Å²) in [5.41, 5.74) is -0.0727. The van der Waals surface area contributed by atoms with Crippen LogP contribution in [0.3, 0.4) is 0 Å². The second kappa shape index (κ2) is 9.45. The van der Waals surface area contributed by atoms with E-state index in [1.54, 1.807) is 17.7 Å². The molecule has 0 bridgehead atoms. The summed E-state index contributed by atoms with van der Waals surface area (Å²) < 4.78 is 44.4. The fraction of sp³-hybridized carbons (Fsp3) is 0.500. The fourth-order valence-corrected chi connectivity index (χ4v) is 4.91. The van der Waals surface area contributed by atoms with Crippen molar-refractivity contribution < 1.29 is 27.4 Å². The van der Waals surface area contributed by atoms with E-state index in [1.807, 2.05) is 0 Å². The molecule has 1 aliphatic heterocycles. The van der Waals surface area contributed by atoms with Gasteiger partial charge in [-0.25, -0.2) is 8.42 Å². The maximum absolute atomic E-state index is 13.2. The van der Waals surface area contributed by atoms with Crippen molar-refractivity contribution in [3.05, 3.63) is 40.2 Å². The second-order valence-corrected chi connectivity index (χ2v) is 9.20. The largest absolute Gasteiger partial charge is 0.379 e. The van der Waals surface area contributed by atoms with E-state index in [-0.39, 0.29) is 35.5 Å². The number of hydrogen-bond donors (Lipinski definition) is 0. The van der Waals surface area contributed by atoms with Crippen molar-refractivity contribution in [2.45, 2.75) is 11.2 Å². The Morgan fingerprint density at radius 3 is 2.48 bits per heavy atom. The van der Waals surface area contributed by atoms with Crippen LogP contribution in [-0.4, -0.2) is 88.5 Å². The second-order valence-electron chi connectivity index (χ2n) is 7.26. The van der Waals surface area contributed by atoms with Gasteiger partial charge in [0.2, 0.25) is 15.5 Å². The minimum Gasteiger partial charge on any atom is -0.379 e. The van der Waals surface area contributed by atoms with E-state index in [0.29, 0.717) is 18.7 Å². The van der Waals surface area contributed by atoms with Gasteiger partial charge < -0.3 is 23.7 Å². The number of carbonyl (C=O) groups excluding carboxylic acids is 1.